The monoisotopic (exact) mass is 253 g/mol. The molecule has 1 aliphatic rings. The van der Waals surface area contributed by atoms with E-state index >= 15 is 0 Å². The lowest BCUT2D eigenvalue weighted by atomic mass is 9.85. The maximum Gasteiger partial charge on any atom is 0.0876 e. The van der Waals surface area contributed by atoms with Crippen LogP contribution in [0.5, 0.6) is 0 Å². The predicted octanol–water partition coefficient (Wildman–Crippen LogP) is 4.27. The highest BCUT2D eigenvalue weighted by Gasteiger charge is 2.24. The maximum absolute atomic E-state index is 5.54. The van der Waals surface area contributed by atoms with Crippen molar-refractivity contribution in [3.05, 3.63) is 11.8 Å². The van der Waals surface area contributed by atoms with Crippen molar-refractivity contribution in [2.75, 3.05) is 13.2 Å². The van der Waals surface area contributed by atoms with Gasteiger partial charge in [-0.25, -0.2) is 0 Å². The fraction of sp³-hybridized carbons (Fsp3) is 0.875. The van der Waals surface area contributed by atoms with Gasteiger partial charge in [-0.05, 0) is 43.7 Å². The lowest BCUT2D eigenvalue weighted by Crippen LogP contribution is -2.39. The van der Waals surface area contributed by atoms with Crippen LogP contribution in [0, 0.1) is 5.92 Å². The van der Waals surface area contributed by atoms with Gasteiger partial charge in [-0.15, -0.1) is 0 Å². The molecule has 0 aromatic heterocycles. The van der Waals surface area contributed by atoms with Gasteiger partial charge < -0.3 is 10.1 Å². The van der Waals surface area contributed by atoms with Crippen molar-refractivity contribution in [2.45, 2.75) is 71.8 Å². The summed E-state index contributed by atoms with van der Waals surface area (Å²) in [6.45, 7) is 8.86. The first-order valence-electron chi connectivity index (χ1n) is 7.87. The molecule has 1 heterocycles. The lowest BCUT2D eigenvalue weighted by Gasteiger charge is -2.31. The molecule has 2 unspecified atom stereocenters. The Morgan fingerprint density at radius 1 is 1.28 bits per heavy atom. The Morgan fingerprint density at radius 2 is 2.11 bits per heavy atom. The van der Waals surface area contributed by atoms with Gasteiger partial charge in [0.1, 0.15) is 0 Å². The molecule has 0 aromatic rings. The van der Waals surface area contributed by atoms with E-state index in [1.807, 2.05) is 6.26 Å². The zero-order chi connectivity index (χ0) is 13.2. The van der Waals surface area contributed by atoms with Crippen LogP contribution in [0.2, 0.25) is 0 Å². The van der Waals surface area contributed by atoms with E-state index in [2.05, 4.69) is 26.1 Å². The molecule has 0 aliphatic carbocycles. The number of nitrogens with one attached hydrogen (secondary N) is 1. The SMILES string of the molecule is CCCCC(CC)C(NCCC)C1=COCCC1. The van der Waals surface area contributed by atoms with Crippen LogP contribution >= 0.6 is 0 Å². The molecule has 1 N–H and O–H groups in total. The van der Waals surface area contributed by atoms with Crippen molar-refractivity contribution in [1.29, 1.82) is 0 Å². The first-order valence-corrected chi connectivity index (χ1v) is 7.87. The summed E-state index contributed by atoms with van der Waals surface area (Å²) >= 11 is 0. The van der Waals surface area contributed by atoms with Gasteiger partial charge in [-0.3, -0.25) is 0 Å². The van der Waals surface area contributed by atoms with E-state index < -0.39 is 0 Å². The fourth-order valence-corrected chi connectivity index (χ4v) is 2.79. The Kier molecular flexibility index (Phi) is 8.15. The summed E-state index contributed by atoms with van der Waals surface area (Å²) in [6.07, 6.45) is 10.9. The highest BCUT2D eigenvalue weighted by Crippen LogP contribution is 2.26. The van der Waals surface area contributed by atoms with Crippen molar-refractivity contribution in [1.82, 2.24) is 5.32 Å². The summed E-state index contributed by atoms with van der Waals surface area (Å²) in [5.74, 6) is 0.768. The number of ether oxygens (including phenoxy) is 1. The van der Waals surface area contributed by atoms with Crippen LogP contribution in [0.1, 0.15) is 65.7 Å². The van der Waals surface area contributed by atoms with E-state index in [0.29, 0.717) is 6.04 Å². The Balaban J connectivity index is 2.64. The van der Waals surface area contributed by atoms with Gasteiger partial charge in [0.2, 0.25) is 0 Å². The van der Waals surface area contributed by atoms with Crippen molar-refractivity contribution < 1.29 is 4.74 Å². The number of hydrogen-bond donors (Lipinski definition) is 1. The number of unbranched alkanes of at least 4 members (excludes halogenated alkanes) is 1. The molecule has 106 valence electrons. The first kappa shape index (κ1) is 15.6. The highest BCUT2D eigenvalue weighted by molar-refractivity contribution is 5.11. The molecule has 0 saturated carbocycles. The third-order valence-electron chi connectivity index (χ3n) is 3.90. The third kappa shape index (κ3) is 5.01. The van der Waals surface area contributed by atoms with Gasteiger partial charge in [0, 0.05) is 6.04 Å². The maximum atomic E-state index is 5.54. The topological polar surface area (TPSA) is 21.3 Å². The summed E-state index contributed by atoms with van der Waals surface area (Å²) < 4.78 is 5.54. The minimum Gasteiger partial charge on any atom is -0.501 e. The molecular weight excluding hydrogens is 222 g/mol. The first-order chi connectivity index (χ1) is 8.83. The van der Waals surface area contributed by atoms with Crippen molar-refractivity contribution in [2.24, 2.45) is 5.92 Å². The summed E-state index contributed by atoms with van der Waals surface area (Å²) in [5.41, 5.74) is 1.50. The summed E-state index contributed by atoms with van der Waals surface area (Å²) in [7, 11) is 0. The molecule has 18 heavy (non-hydrogen) atoms. The average Bonchev–Trinajstić information content (AvgIpc) is 2.43. The lowest BCUT2D eigenvalue weighted by molar-refractivity contribution is 0.211. The Hall–Kier alpha value is -0.500. The molecule has 2 atom stereocenters. The smallest absolute Gasteiger partial charge is 0.0876 e. The van der Waals surface area contributed by atoms with Crippen LogP contribution in [0.3, 0.4) is 0 Å². The molecule has 0 saturated heterocycles. The quantitative estimate of drug-likeness (QED) is 0.662. The average molecular weight is 253 g/mol. The van der Waals surface area contributed by atoms with Crippen LogP contribution in [0.4, 0.5) is 0 Å². The van der Waals surface area contributed by atoms with Gasteiger partial charge in [0.15, 0.2) is 0 Å². The minimum absolute atomic E-state index is 0.543. The second-order valence-corrected chi connectivity index (χ2v) is 5.41. The Bertz CT molecular complexity index is 237. The molecule has 0 radical (unpaired) electrons. The van der Waals surface area contributed by atoms with Crippen LogP contribution in [0.25, 0.3) is 0 Å². The second kappa shape index (κ2) is 9.43. The fourth-order valence-electron chi connectivity index (χ4n) is 2.79. The zero-order valence-electron chi connectivity index (χ0n) is 12.5. The molecule has 1 rings (SSSR count). The molecule has 2 heteroatoms. The van der Waals surface area contributed by atoms with Crippen molar-refractivity contribution in [3.63, 3.8) is 0 Å². The Morgan fingerprint density at radius 3 is 2.67 bits per heavy atom. The summed E-state index contributed by atoms with van der Waals surface area (Å²) in [5, 5.41) is 3.75. The van der Waals surface area contributed by atoms with Crippen LogP contribution in [0.15, 0.2) is 11.8 Å². The van der Waals surface area contributed by atoms with Gasteiger partial charge in [-0.1, -0.05) is 40.0 Å². The van der Waals surface area contributed by atoms with E-state index in [1.54, 1.807) is 0 Å². The third-order valence-corrected chi connectivity index (χ3v) is 3.90. The van der Waals surface area contributed by atoms with Gasteiger partial charge in [0.25, 0.3) is 0 Å². The van der Waals surface area contributed by atoms with Crippen LogP contribution in [-0.4, -0.2) is 19.2 Å². The predicted molar refractivity (Wildman–Crippen MR) is 78.7 cm³/mol. The number of hydrogen-bond acceptors (Lipinski definition) is 2. The zero-order valence-corrected chi connectivity index (χ0v) is 12.5. The number of rotatable bonds is 9. The summed E-state index contributed by atoms with van der Waals surface area (Å²) in [6, 6.07) is 0.543. The molecule has 0 spiro atoms. The molecule has 1 aliphatic heterocycles. The summed E-state index contributed by atoms with van der Waals surface area (Å²) in [4.78, 5) is 0. The van der Waals surface area contributed by atoms with Crippen LogP contribution in [-0.2, 0) is 4.74 Å². The van der Waals surface area contributed by atoms with E-state index in [-0.39, 0.29) is 0 Å². The molecule has 0 aromatic carbocycles. The molecule has 0 bridgehead atoms. The van der Waals surface area contributed by atoms with Gasteiger partial charge in [0.05, 0.1) is 12.9 Å². The highest BCUT2D eigenvalue weighted by atomic mass is 16.5. The van der Waals surface area contributed by atoms with E-state index in [4.69, 9.17) is 4.74 Å². The second-order valence-electron chi connectivity index (χ2n) is 5.41. The minimum atomic E-state index is 0.543. The largest absolute Gasteiger partial charge is 0.501 e. The molecule has 0 amide bonds. The van der Waals surface area contributed by atoms with Crippen molar-refractivity contribution in [3.8, 4) is 0 Å². The van der Waals surface area contributed by atoms with Crippen LogP contribution < -0.4 is 5.32 Å². The van der Waals surface area contributed by atoms with Gasteiger partial charge >= 0.3 is 0 Å². The van der Waals surface area contributed by atoms with Gasteiger partial charge in [-0.2, -0.15) is 0 Å². The van der Waals surface area contributed by atoms with Crippen molar-refractivity contribution >= 4 is 0 Å². The van der Waals surface area contributed by atoms with E-state index in [9.17, 15) is 0 Å². The van der Waals surface area contributed by atoms with E-state index in [1.165, 1.54) is 50.5 Å². The Labute approximate surface area is 113 Å². The standard InChI is InChI=1S/C16H31NO/c1-4-7-9-14(6-3)16(17-11-5-2)15-10-8-12-18-13-15/h13-14,16-17H,4-12H2,1-3H3. The normalized spacial score (nSPS) is 18.9. The van der Waals surface area contributed by atoms with E-state index in [0.717, 1.165) is 19.1 Å². The molecule has 0 fully saturated rings. The molecule has 2 nitrogen and oxygen atoms in total. The molecular formula is C16H31NO.